The maximum absolute atomic E-state index is 6.22. The summed E-state index contributed by atoms with van der Waals surface area (Å²) in [6, 6.07) is 70.2. The summed E-state index contributed by atoms with van der Waals surface area (Å²) >= 11 is 0. The van der Waals surface area contributed by atoms with Crippen molar-refractivity contribution in [3.8, 4) is 56.3 Å². The Morgan fingerprint density at radius 3 is 1.65 bits per heavy atom. The number of aromatic nitrogens is 4. The zero-order valence-corrected chi connectivity index (χ0v) is 33.8. The topological polar surface area (TPSA) is 64.7 Å². The summed E-state index contributed by atoms with van der Waals surface area (Å²) in [5.41, 5.74) is 11.8. The molecule has 3 heterocycles. The Labute approximate surface area is 361 Å². The highest BCUT2D eigenvalue weighted by Crippen LogP contribution is 2.41. The van der Waals surface area contributed by atoms with E-state index in [1.807, 2.05) is 36.5 Å². The highest BCUT2D eigenvalue weighted by Gasteiger charge is 2.19. The van der Waals surface area contributed by atoms with Gasteiger partial charge < -0.3 is 4.42 Å². The average molecular weight is 803 g/mol. The lowest BCUT2D eigenvalue weighted by Gasteiger charge is -2.15. The molecule has 0 atom stereocenters. The van der Waals surface area contributed by atoms with Crippen LogP contribution in [-0.4, -0.2) is 19.9 Å². The standard InChI is InChI=1S/C58H34N4O/c1-2-14-35(15-3-1)51-33-52(37-26-27-55-50(32-37)46-22-12-13-25-54(46)63-55)62-58(61-51)40-29-38(49-31-36-16-4-5-17-41(36)42-18-6-7-21-45(42)49)28-39(30-40)53-34-59-56-47-23-10-8-19-43(47)44-20-9-11-24-48(44)57(56)60-53/h1-34H. The minimum absolute atomic E-state index is 0.613. The second kappa shape index (κ2) is 14.0. The van der Waals surface area contributed by atoms with Gasteiger partial charge in [-0.15, -0.1) is 0 Å². The summed E-state index contributed by atoms with van der Waals surface area (Å²) in [6.07, 6.45) is 1.92. The molecule has 0 spiro atoms. The average Bonchev–Trinajstić information content (AvgIpc) is 3.74. The molecule has 0 unspecified atom stereocenters. The van der Waals surface area contributed by atoms with E-state index in [1.165, 1.54) is 26.9 Å². The summed E-state index contributed by atoms with van der Waals surface area (Å²) in [6.45, 7) is 0. The molecule has 5 nitrogen and oxygen atoms in total. The lowest BCUT2D eigenvalue weighted by molar-refractivity contribution is 0.669. The fraction of sp³-hybridized carbons (Fsp3) is 0. The van der Waals surface area contributed by atoms with Gasteiger partial charge in [0.2, 0.25) is 0 Å². The van der Waals surface area contributed by atoms with E-state index in [0.29, 0.717) is 5.82 Å². The Kier molecular flexibility index (Phi) is 7.84. The van der Waals surface area contributed by atoms with Crippen LogP contribution in [0, 0.1) is 0 Å². The van der Waals surface area contributed by atoms with E-state index in [9.17, 15) is 0 Å². The van der Waals surface area contributed by atoms with E-state index in [-0.39, 0.29) is 0 Å². The molecule has 0 saturated carbocycles. The lowest BCUT2D eigenvalue weighted by Crippen LogP contribution is -1.98. The van der Waals surface area contributed by atoms with E-state index >= 15 is 0 Å². The molecule has 3 aromatic heterocycles. The Hall–Kier alpha value is -8.54. The van der Waals surface area contributed by atoms with Crippen LogP contribution in [0.25, 0.3) is 132 Å². The van der Waals surface area contributed by atoms with Crippen molar-refractivity contribution < 1.29 is 4.42 Å². The van der Waals surface area contributed by atoms with E-state index in [1.54, 1.807) is 0 Å². The van der Waals surface area contributed by atoms with E-state index in [2.05, 4.69) is 170 Å². The maximum Gasteiger partial charge on any atom is 0.160 e. The van der Waals surface area contributed by atoms with Crippen molar-refractivity contribution in [1.82, 2.24) is 19.9 Å². The van der Waals surface area contributed by atoms with Crippen molar-refractivity contribution >= 4 is 76.1 Å². The van der Waals surface area contributed by atoms with Crippen LogP contribution in [0.5, 0.6) is 0 Å². The SMILES string of the molecule is c1ccc(-c2cc(-c3ccc4oc5ccccc5c4c3)nc(-c3cc(-c4cnc5c6ccccc6c6ccccc6c5n4)cc(-c4cc5ccccc5c5ccccc45)c3)n2)cc1. The molecular formula is C58H34N4O. The molecule has 0 radical (unpaired) electrons. The van der Waals surface area contributed by atoms with Crippen LogP contribution in [-0.2, 0) is 0 Å². The lowest BCUT2D eigenvalue weighted by atomic mass is 9.91. The molecule has 0 aliphatic heterocycles. The third-order valence-electron chi connectivity index (χ3n) is 12.5. The largest absolute Gasteiger partial charge is 0.456 e. The van der Waals surface area contributed by atoms with Crippen molar-refractivity contribution in [1.29, 1.82) is 0 Å². The number of rotatable bonds is 5. The second-order valence-electron chi connectivity index (χ2n) is 16.2. The molecular weight excluding hydrogens is 769 g/mol. The predicted molar refractivity (Wildman–Crippen MR) is 260 cm³/mol. The summed E-state index contributed by atoms with van der Waals surface area (Å²) < 4.78 is 6.22. The van der Waals surface area contributed by atoms with Crippen molar-refractivity contribution in [3.05, 3.63) is 206 Å². The number of hydrogen-bond donors (Lipinski definition) is 0. The minimum Gasteiger partial charge on any atom is -0.456 e. The number of para-hydroxylation sites is 1. The molecule has 0 bridgehead atoms. The first kappa shape index (κ1) is 35.2. The van der Waals surface area contributed by atoms with Gasteiger partial charge in [-0.1, -0.05) is 146 Å². The summed E-state index contributed by atoms with van der Waals surface area (Å²) in [5, 5.41) is 11.4. The normalized spacial score (nSPS) is 11.8. The predicted octanol–water partition coefficient (Wildman–Crippen LogP) is 15.3. The number of fused-ring (bicyclic) bond motifs is 12. The highest BCUT2D eigenvalue weighted by molar-refractivity contribution is 6.23. The van der Waals surface area contributed by atoms with Gasteiger partial charge in [0.1, 0.15) is 11.2 Å². The molecule has 0 saturated heterocycles. The molecule has 10 aromatic carbocycles. The van der Waals surface area contributed by atoms with Crippen molar-refractivity contribution in [2.24, 2.45) is 0 Å². The van der Waals surface area contributed by atoms with Gasteiger partial charge >= 0.3 is 0 Å². The monoisotopic (exact) mass is 802 g/mol. The van der Waals surface area contributed by atoms with E-state index in [4.69, 9.17) is 24.4 Å². The van der Waals surface area contributed by atoms with Gasteiger partial charge in [0.15, 0.2) is 5.82 Å². The van der Waals surface area contributed by atoms with Crippen LogP contribution in [0.4, 0.5) is 0 Å². The van der Waals surface area contributed by atoms with Crippen LogP contribution in [0.1, 0.15) is 0 Å². The van der Waals surface area contributed by atoms with Gasteiger partial charge in [0.05, 0.1) is 34.3 Å². The van der Waals surface area contributed by atoms with Gasteiger partial charge in [0, 0.05) is 43.8 Å². The Bertz CT molecular complexity index is 3950. The van der Waals surface area contributed by atoms with Gasteiger partial charge in [-0.2, -0.15) is 0 Å². The van der Waals surface area contributed by atoms with Crippen molar-refractivity contribution in [2.45, 2.75) is 0 Å². The molecule has 292 valence electrons. The fourth-order valence-electron chi connectivity index (χ4n) is 9.48. The molecule has 0 amide bonds. The van der Waals surface area contributed by atoms with Crippen LogP contribution in [0.15, 0.2) is 211 Å². The fourth-order valence-corrected chi connectivity index (χ4v) is 9.48. The third-order valence-corrected chi connectivity index (χ3v) is 12.5. The first-order valence-corrected chi connectivity index (χ1v) is 21.2. The van der Waals surface area contributed by atoms with Gasteiger partial charge in [0.25, 0.3) is 0 Å². The van der Waals surface area contributed by atoms with Gasteiger partial charge in [-0.05, 0) is 98.0 Å². The summed E-state index contributed by atoms with van der Waals surface area (Å²) in [7, 11) is 0. The molecule has 0 N–H and O–H groups in total. The third kappa shape index (κ3) is 5.78. The molecule has 13 rings (SSSR count). The molecule has 63 heavy (non-hydrogen) atoms. The summed E-state index contributed by atoms with van der Waals surface area (Å²) in [5.74, 6) is 0.613. The van der Waals surface area contributed by atoms with Gasteiger partial charge in [-0.3, -0.25) is 4.98 Å². The smallest absolute Gasteiger partial charge is 0.160 e. The number of hydrogen-bond acceptors (Lipinski definition) is 5. The first-order chi connectivity index (χ1) is 31.2. The van der Waals surface area contributed by atoms with Crippen LogP contribution >= 0.6 is 0 Å². The molecule has 13 aromatic rings. The summed E-state index contributed by atoms with van der Waals surface area (Å²) in [4.78, 5) is 21.4. The van der Waals surface area contributed by atoms with E-state index in [0.717, 1.165) is 99.6 Å². The highest BCUT2D eigenvalue weighted by atomic mass is 16.3. The first-order valence-electron chi connectivity index (χ1n) is 21.2. The number of furan rings is 1. The quantitative estimate of drug-likeness (QED) is 0.162. The minimum atomic E-state index is 0.613. The van der Waals surface area contributed by atoms with Crippen LogP contribution in [0.3, 0.4) is 0 Å². The zero-order chi connectivity index (χ0) is 41.4. The maximum atomic E-state index is 6.22. The Morgan fingerprint density at radius 1 is 0.302 bits per heavy atom. The van der Waals surface area contributed by atoms with Crippen molar-refractivity contribution in [2.75, 3.05) is 0 Å². The van der Waals surface area contributed by atoms with Crippen LogP contribution < -0.4 is 0 Å². The number of benzene rings is 10. The zero-order valence-electron chi connectivity index (χ0n) is 33.8. The van der Waals surface area contributed by atoms with Gasteiger partial charge in [-0.25, -0.2) is 15.0 Å². The molecule has 0 aliphatic rings. The van der Waals surface area contributed by atoms with Crippen molar-refractivity contribution in [3.63, 3.8) is 0 Å². The second-order valence-corrected chi connectivity index (χ2v) is 16.2. The molecule has 5 heteroatoms. The van der Waals surface area contributed by atoms with Crippen LogP contribution in [0.2, 0.25) is 0 Å². The van der Waals surface area contributed by atoms with E-state index < -0.39 is 0 Å². The Balaban J connectivity index is 1.08. The number of nitrogens with zero attached hydrogens (tertiary/aromatic N) is 4. The molecule has 0 aliphatic carbocycles. The molecule has 0 fully saturated rings. The Morgan fingerprint density at radius 2 is 0.873 bits per heavy atom.